The van der Waals surface area contributed by atoms with Gasteiger partial charge in [0.1, 0.15) is 11.7 Å². The van der Waals surface area contributed by atoms with Gasteiger partial charge in [-0.15, -0.1) is 0 Å². The summed E-state index contributed by atoms with van der Waals surface area (Å²) in [5, 5.41) is 9.58. The zero-order valence-corrected chi connectivity index (χ0v) is 15.3. The minimum atomic E-state index is -0.531. The van der Waals surface area contributed by atoms with Gasteiger partial charge in [0.25, 0.3) is 0 Å². The van der Waals surface area contributed by atoms with E-state index in [9.17, 15) is 9.59 Å². The van der Waals surface area contributed by atoms with Crippen molar-refractivity contribution in [2.24, 2.45) is 0 Å². The van der Waals surface area contributed by atoms with Crippen LogP contribution in [0.5, 0.6) is 0 Å². The first kappa shape index (κ1) is 19.1. The van der Waals surface area contributed by atoms with Crippen LogP contribution in [-0.2, 0) is 16.1 Å². The maximum absolute atomic E-state index is 12.4. The Kier molecular flexibility index (Phi) is 7.53. The van der Waals surface area contributed by atoms with Crippen LogP contribution in [0.15, 0.2) is 40.9 Å². The third-order valence-electron chi connectivity index (χ3n) is 3.65. The van der Waals surface area contributed by atoms with E-state index in [1.807, 2.05) is 36.6 Å². The number of benzene rings is 1. The van der Waals surface area contributed by atoms with Crippen molar-refractivity contribution in [2.75, 3.05) is 12.0 Å². The highest BCUT2D eigenvalue weighted by Crippen LogP contribution is 2.18. The molecule has 0 radical (unpaired) electrons. The molecule has 2 N–H and O–H groups in total. The Bertz CT molecular complexity index is 688. The van der Waals surface area contributed by atoms with Crippen LogP contribution in [0.1, 0.15) is 25.5 Å². The van der Waals surface area contributed by atoms with Gasteiger partial charge < -0.3 is 15.2 Å². The smallest absolute Gasteiger partial charge is 0.242 e. The average Bonchev–Trinajstić information content (AvgIpc) is 3.12. The molecule has 0 aliphatic heterocycles. The molecule has 1 aromatic heterocycles. The van der Waals surface area contributed by atoms with Crippen LogP contribution in [0.3, 0.4) is 0 Å². The van der Waals surface area contributed by atoms with Gasteiger partial charge in [-0.25, -0.2) is 0 Å². The van der Waals surface area contributed by atoms with Crippen molar-refractivity contribution in [1.82, 2.24) is 15.8 Å². The second kappa shape index (κ2) is 9.88. The number of hydrogen-bond donors (Lipinski definition) is 2. The van der Waals surface area contributed by atoms with Crippen LogP contribution in [-0.4, -0.2) is 35.0 Å². The number of amides is 2. The van der Waals surface area contributed by atoms with Gasteiger partial charge in [0.15, 0.2) is 5.76 Å². The monoisotopic (exact) mass is 361 g/mol. The van der Waals surface area contributed by atoms with E-state index in [0.717, 1.165) is 17.0 Å². The molecule has 1 aromatic carbocycles. The minimum Gasteiger partial charge on any atom is -0.359 e. The van der Waals surface area contributed by atoms with Gasteiger partial charge in [0.05, 0.1) is 6.54 Å². The molecule has 7 heteroatoms. The first-order chi connectivity index (χ1) is 12.1. The molecule has 2 rings (SSSR count). The Hall–Kier alpha value is -2.28. The number of thioether (sulfide) groups is 1. The van der Waals surface area contributed by atoms with Crippen LogP contribution >= 0.6 is 11.8 Å². The SMILES string of the molecule is CCC(=O)N[C@H](CCSC)C(=O)NCc1cc(-c2ccccc2)no1. The van der Waals surface area contributed by atoms with E-state index < -0.39 is 6.04 Å². The molecule has 2 amide bonds. The van der Waals surface area contributed by atoms with Crippen molar-refractivity contribution in [1.29, 1.82) is 0 Å². The summed E-state index contributed by atoms with van der Waals surface area (Å²) in [5.74, 6) is 1.01. The predicted molar refractivity (Wildman–Crippen MR) is 99.0 cm³/mol. The van der Waals surface area contributed by atoms with Crippen molar-refractivity contribution in [3.63, 3.8) is 0 Å². The lowest BCUT2D eigenvalue weighted by Crippen LogP contribution is -2.46. The molecular weight excluding hydrogens is 338 g/mol. The molecule has 0 bridgehead atoms. The number of nitrogens with one attached hydrogen (secondary N) is 2. The largest absolute Gasteiger partial charge is 0.359 e. The fourth-order valence-electron chi connectivity index (χ4n) is 2.24. The van der Waals surface area contributed by atoms with Gasteiger partial charge in [-0.2, -0.15) is 11.8 Å². The molecule has 0 spiro atoms. The zero-order chi connectivity index (χ0) is 18.1. The lowest BCUT2D eigenvalue weighted by atomic mass is 10.1. The van der Waals surface area contributed by atoms with Gasteiger partial charge in [-0.3, -0.25) is 9.59 Å². The summed E-state index contributed by atoms with van der Waals surface area (Å²) in [6.45, 7) is 1.99. The van der Waals surface area contributed by atoms with Crippen molar-refractivity contribution < 1.29 is 14.1 Å². The third-order valence-corrected chi connectivity index (χ3v) is 4.29. The fourth-order valence-corrected chi connectivity index (χ4v) is 2.71. The normalized spacial score (nSPS) is 11.8. The molecule has 0 fully saturated rings. The van der Waals surface area contributed by atoms with Crippen LogP contribution in [0, 0.1) is 0 Å². The third kappa shape index (κ3) is 5.94. The zero-order valence-electron chi connectivity index (χ0n) is 14.5. The van der Waals surface area contributed by atoms with Crippen LogP contribution < -0.4 is 10.6 Å². The highest BCUT2D eigenvalue weighted by atomic mass is 32.2. The maximum atomic E-state index is 12.4. The molecule has 2 aromatic rings. The van der Waals surface area contributed by atoms with E-state index in [1.54, 1.807) is 24.8 Å². The Morgan fingerprint density at radius 3 is 2.72 bits per heavy atom. The Balaban J connectivity index is 1.93. The van der Waals surface area contributed by atoms with Gasteiger partial charge in [0, 0.05) is 18.1 Å². The van der Waals surface area contributed by atoms with Gasteiger partial charge in [-0.1, -0.05) is 42.4 Å². The van der Waals surface area contributed by atoms with Crippen LogP contribution in [0.4, 0.5) is 0 Å². The first-order valence-corrected chi connectivity index (χ1v) is 9.60. The van der Waals surface area contributed by atoms with E-state index in [4.69, 9.17) is 4.52 Å². The van der Waals surface area contributed by atoms with Crippen molar-refractivity contribution in [3.05, 3.63) is 42.2 Å². The Labute approximate surface area is 151 Å². The second-order valence-electron chi connectivity index (χ2n) is 5.52. The number of rotatable bonds is 9. The summed E-state index contributed by atoms with van der Waals surface area (Å²) in [5.41, 5.74) is 1.68. The molecule has 0 aliphatic rings. The number of nitrogens with zero attached hydrogens (tertiary/aromatic N) is 1. The van der Waals surface area contributed by atoms with Gasteiger partial charge >= 0.3 is 0 Å². The first-order valence-electron chi connectivity index (χ1n) is 8.21. The minimum absolute atomic E-state index is 0.132. The molecule has 1 atom stereocenters. The number of carbonyl (C=O) groups is 2. The average molecular weight is 361 g/mol. The quantitative estimate of drug-likeness (QED) is 0.717. The molecule has 6 nitrogen and oxygen atoms in total. The summed E-state index contributed by atoms with van der Waals surface area (Å²) >= 11 is 1.64. The fraction of sp³-hybridized carbons (Fsp3) is 0.389. The molecule has 0 aliphatic carbocycles. The van der Waals surface area contributed by atoms with Crippen LogP contribution in [0.25, 0.3) is 11.3 Å². The Morgan fingerprint density at radius 2 is 2.04 bits per heavy atom. The van der Waals surface area contributed by atoms with Gasteiger partial charge in [-0.05, 0) is 18.4 Å². The van der Waals surface area contributed by atoms with E-state index in [-0.39, 0.29) is 18.4 Å². The summed E-state index contributed by atoms with van der Waals surface area (Å²) in [6.07, 6.45) is 2.91. The van der Waals surface area contributed by atoms with E-state index in [1.165, 1.54) is 0 Å². The van der Waals surface area contributed by atoms with Crippen molar-refractivity contribution in [3.8, 4) is 11.3 Å². The molecule has 1 heterocycles. The van der Waals surface area contributed by atoms with Crippen molar-refractivity contribution in [2.45, 2.75) is 32.4 Å². The molecule has 134 valence electrons. The summed E-state index contributed by atoms with van der Waals surface area (Å²) in [7, 11) is 0. The number of carbonyl (C=O) groups excluding carboxylic acids is 2. The highest BCUT2D eigenvalue weighted by Gasteiger charge is 2.20. The summed E-state index contributed by atoms with van der Waals surface area (Å²) in [4.78, 5) is 24.0. The van der Waals surface area contributed by atoms with E-state index in [2.05, 4.69) is 15.8 Å². The molecule has 0 unspecified atom stereocenters. The highest BCUT2D eigenvalue weighted by molar-refractivity contribution is 7.98. The molecule has 25 heavy (non-hydrogen) atoms. The summed E-state index contributed by atoms with van der Waals surface area (Å²) in [6, 6.07) is 11.0. The van der Waals surface area contributed by atoms with E-state index in [0.29, 0.717) is 18.6 Å². The standard InChI is InChI=1S/C18H23N3O3S/c1-3-17(22)20-15(9-10-25-2)18(23)19-12-14-11-16(21-24-14)13-7-5-4-6-8-13/h4-8,11,15H,3,9-10,12H2,1-2H3,(H,19,23)(H,20,22)/t15-/m1/s1. The van der Waals surface area contributed by atoms with Gasteiger partial charge in [0.2, 0.25) is 11.8 Å². The maximum Gasteiger partial charge on any atom is 0.242 e. The number of hydrogen-bond acceptors (Lipinski definition) is 5. The second-order valence-corrected chi connectivity index (χ2v) is 6.50. The number of aromatic nitrogens is 1. The molecular formula is C18H23N3O3S. The van der Waals surface area contributed by atoms with E-state index >= 15 is 0 Å². The van der Waals surface area contributed by atoms with Crippen LogP contribution in [0.2, 0.25) is 0 Å². The lowest BCUT2D eigenvalue weighted by molar-refractivity contribution is -0.129. The molecule has 0 saturated heterocycles. The molecule has 0 saturated carbocycles. The lowest BCUT2D eigenvalue weighted by Gasteiger charge is -2.17. The van der Waals surface area contributed by atoms with Crippen molar-refractivity contribution >= 4 is 23.6 Å². The predicted octanol–water partition coefficient (Wildman–Crippen LogP) is 2.61. The summed E-state index contributed by atoms with van der Waals surface area (Å²) < 4.78 is 5.28. The topological polar surface area (TPSA) is 84.2 Å². The Morgan fingerprint density at radius 1 is 1.28 bits per heavy atom.